The first-order chi connectivity index (χ1) is 6.56. The normalized spacial score (nSPS) is 11.6. The molecule has 0 unspecified atom stereocenters. The maximum atomic E-state index is 11.1. The van der Waals surface area contributed by atoms with Gasteiger partial charge in [0.1, 0.15) is 6.54 Å². The lowest BCUT2D eigenvalue weighted by atomic mass is 10.4. The number of nitrogens with one attached hydrogen (secondary N) is 2. The molecule has 0 aromatic rings. The maximum Gasteiger partial charge on any atom is 0.241 e. The minimum Gasteiger partial charge on any atom is -0.370 e. The van der Waals surface area contributed by atoms with E-state index < -0.39 is 0 Å². The van der Waals surface area contributed by atoms with E-state index >= 15 is 0 Å². The first kappa shape index (κ1) is 12.7. The van der Waals surface area contributed by atoms with Gasteiger partial charge in [-0.3, -0.25) is 4.79 Å². The smallest absolute Gasteiger partial charge is 0.241 e. The van der Waals surface area contributed by atoms with E-state index in [9.17, 15) is 4.79 Å². The van der Waals surface area contributed by atoms with E-state index in [4.69, 9.17) is 5.73 Å². The second-order valence-corrected chi connectivity index (χ2v) is 3.35. The maximum absolute atomic E-state index is 11.1. The lowest BCUT2D eigenvalue weighted by Gasteiger charge is -2.08. The molecular formula is C9H20N4O. The van der Waals surface area contributed by atoms with Gasteiger partial charge in [-0.2, -0.15) is 0 Å². The molecule has 0 fully saturated rings. The molecule has 0 atom stereocenters. The van der Waals surface area contributed by atoms with E-state index in [1.165, 1.54) is 0 Å². The zero-order valence-corrected chi connectivity index (χ0v) is 9.13. The number of carbonyl (C=O) groups is 1. The summed E-state index contributed by atoms with van der Waals surface area (Å²) in [5.41, 5.74) is 5.51. The predicted molar refractivity (Wildman–Crippen MR) is 58.1 cm³/mol. The summed E-state index contributed by atoms with van der Waals surface area (Å²) in [7, 11) is 0. The average molecular weight is 200 g/mol. The van der Waals surface area contributed by atoms with Crippen LogP contribution in [-0.2, 0) is 4.79 Å². The van der Waals surface area contributed by atoms with Crippen molar-refractivity contribution in [3.8, 4) is 0 Å². The van der Waals surface area contributed by atoms with Crippen LogP contribution in [0.3, 0.4) is 0 Å². The van der Waals surface area contributed by atoms with Gasteiger partial charge >= 0.3 is 0 Å². The van der Waals surface area contributed by atoms with Gasteiger partial charge < -0.3 is 16.4 Å². The van der Waals surface area contributed by atoms with Crippen molar-refractivity contribution in [1.82, 2.24) is 10.6 Å². The molecule has 0 saturated carbocycles. The van der Waals surface area contributed by atoms with Gasteiger partial charge in [0.15, 0.2) is 5.96 Å². The number of nitrogens with two attached hydrogens (primary N) is 1. The van der Waals surface area contributed by atoms with Crippen LogP contribution in [0.25, 0.3) is 0 Å². The molecule has 0 bridgehead atoms. The molecule has 1 amide bonds. The predicted octanol–water partition coefficient (Wildman–Crippen LogP) is -0.175. The van der Waals surface area contributed by atoms with E-state index in [2.05, 4.69) is 15.6 Å². The summed E-state index contributed by atoms with van der Waals surface area (Å²) in [6.07, 6.45) is 0.926. The quantitative estimate of drug-likeness (QED) is 0.425. The van der Waals surface area contributed by atoms with Gasteiger partial charge in [-0.1, -0.05) is 6.92 Å². The Hall–Kier alpha value is -1.26. The Kier molecular flexibility index (Phi) is 6.53. The van der Waals surface area contributed by atoms with Crippen LogP contribution in [0.2, 0.25) is 0 Å². The zero-order chi connectivity index (χ0) is 11.0. The summed E-state index contributed by atoms with van der Waals surface area (Å²) in [4.78, 5) is 15.0. The fourth-order valence-corrected chi connectivity index (χ4v) is 0.819. The van der Waals surface area contributed by atoms with Gasteiger partial charge in [-0.15, -0.1) is 0 Å². The van der Waals surface area contributed by atoms with E-state index in [0.717, 1.165) is 6.42 Å². The van der Waals surface area contributed by atoms with Crippen LogP contribution in [0.1, 0.15) is 27.2 Å². The van der Waals surface area contributed by atoms with Crippen molar-refractivity contribution in [2.24, 2.45) is 10.7 Å². The monoisotopic (exact) mass is 200 g/mol. The molecule has 0 saturated heterocycles. The first-order valence-electron chi connectivity index (χ1n) is 4.89. The van der Waals surface area contributed by atoms with Crippen LogP contribution in [0, 0.1) is 0 Å². The molecule has 0 aliphatic heterocycles. The highest BCUT2D eigenvalue weighted by molar-refractivity contribution is 5.83. The van der Waals surface area contributed by atoms with E-state index in [-0.39, 0.29) is 18.5 Å². The Morgan fingerprint density at radius 3 is 2.64 bits per heavy atom. The number of hydrogen-bond acceptors (Lipinski definition) is 2. The third kappa shape index (κ3) is 7.39. The highest BCUT2D eigenvalue weighted by Gasteiger charge is 1.99. The second kappa shape index (κ2) is 7.17. The van der Waals surface area contributed by atoms with Gasteiger partial charge in [-0.05, 0) is 20.3 Å². The Morgan fingerprint density at radius 1 is 1.50 bits per heavy atom. The Labute approximate surface area is 85.2 Å². The molecule has 0 aromatic carbocycles. The molecule has 5 nitrogen and oxygen atoms in total. The van der Waals surface area contributed by atoms with Crippen molar-refractivity contribution < 1.29 is 4.79 Å². The van der Waals surface area contributed by atoms with Gasteiger partial charge in [0.25, 0.3) is 0 Å². The standard InChI is InChI=1S/C9H20N4O/c1-4-5-11-8(14)6-12-9(10)13-7(2)3/h7H,4-6H2,1-3H3,(H,11,14)(H3,10,12,13). The number of guanidine groups is 1. The Morgan fingerprint density at radius 2 is 2.14 bits per heavy atom. The zero-order valence-electron chi connectivity index (χ0n) is 9.13. The molecule has 0 aromatic heterocycles. The molecule has 14 heavy (non-hydrogen) atoms. The summed E-state index contributed by atoms with van der Waals surface area (Å²) in [5, 5.41) is 5.61. The van der Waals surface area contributed by atoms with Crippen LogP contribution in [0.4, 0.5) is 0 Å². The van der Waals surface area contributed by atoms with Crippen LogP contribution in [0.5, 0.6) is 0 Å². The van der Waals surface area contributed by atoms with Crippen LogP contribution in [-0.4, -0.2) is 31.0 Å². The number of amides is 1. The van der Waals surface area contributed by atoms with Crippen molar-refractivity contribution in [3.63, 3.8) is 0 Å². The van der Waals surface area contributed by atoms with E-state index in [1.54, 1.807) is 0 Å². The summed E-state index contributed by atoms with van der Waals surface area (Å²) in [6.45, 7) is 6.69. The lowest BCUT2D eigenvalue weighted by molar-refractivity contribution is -0.119. The number of hydrogen-bond donors (Lipinski definition) is 3. The van der Waals surface area contributed by atoms with Gasteiger partial charge in [0, 0.05) is 12.6 Å². The molecule has 0 aliphatic carbocycles. The molecule has 4 N–H and O–H groups in total. The molecule has 82 valence electrons. The molecule has 0 rings (SSSR count). The topological polar surface area (TPSA) is 79.5 Å². The third-order valence-corrected chi connectivity index (χ3v) is 1.40. The minimum absolute atomic E-state index is 0.0888. The van der Waals surface area contributed by atoms with E-state index in [0.29, 0.717) is 12.5 Å². The fourth-order valence-electron chi connectivity index (χ4n) is 0.819. The molecular weight excluding hydrogens is 180 g/mol. The summed E-state index contributed by atoms with van der Waals surface area (Å²) >= 11 is 0. The van der Waals surface area contributed by atoms with Crippen LogP contribution >= 0.6 is 0 Å². The number of aliphatic imine (C=N–C) groups is 1. The third-order valence-electron chi connectivity index (χ3n) is 1.40. The van der Waals surface area contributed by atoms with Gasteiger partial charge in [0.2, 0.25) is 5.91 Å². The summed E-state index contributed by atoms with van der Waals surface area (Å²) in [5.74, 6) is 0.215. The number of nitrogens with zero attached hydrogens (tertiary/aromatic N) is 1. The largest absolute Gasteiger partial charge is 0.370 e. The molecule has 0 heterocycles. The molecule has 5 heteroatoms. The van der Waals surface area contributed by atoms with Crippen molar-refractivity contribution >= 4 is 11.9 Å². The summed E-state index contributed by atoms with van der Waals surface area (Å²) < 4.78 is 0. The first-order valence-corrected chi connectivity index (χ1v) is 4.89. The second-order valence-electron chi connectivity index (χ2n) is 3.35. The highest BCUT2D eigenvalue weighted by Crippen LogP contribution is 1.77. The van der Waals surface area contributed by atoms with Gasteiger partial charge in [0.05, 0.1) is 0 Å². The number of rotatable bonds is 5. The average Bonchev–Trinajstić information content (AvgIpc) is 2.10. The molecule has 0 aliphatic rings. The lowest BCUT2D eigenvalue weighted by Crippen LogP contribution is -2.38. The van der Waals surface area contributed by atoms with Crippen molar-refractivity contribution in [2.45, 2.75) is 33.2 Å². The highest BCUT2D eigenvalue weighted by atomic mass is 16.1. The van der Waals surface area contributed by atoms with Gasteiger partial charge in [-0.25, -0.2) is 4.99 Å². The molecule has 0 radical (unpaired) electrons. The van der Waals surface area contributed by atoms with Crippen LogP contribution in [0.15, 0.2) is 4.99 Å². The Bertz CT molecular complexity index is 201. The van der Waals surface area contributed by atoms with E-state index in [1.807, 2.05) is 20.8 Å². The van der Waals surface area contributed by atoms with Crippen molar-refractivity contribution in [3.05, 3.63) is 0 Å². The minimum atomic E-state index is -0.0969. The molecule has 0 spiro atoms. The number of carbonyl (C=O) groups excluding carboxylic acids is 1. The fraction of sp³-hybridized carbons (Fsp3) is 0.778. The Balaban J connectivity index is 3.72. The SMILES string of the molecule is CCCNC(=O)CN=C(N)NC(C)C. The summed E-state index contributed by atoms with van der Waals surface area (Å²) in [6, 6.07) is 0.234. The van der Waals surface area contributed by atoms with Crippen LogP contribution < -0.4 is 16.4 Å². The van der Waals surface area contributed by atoms with Crippen molar-refractivity contribution in [1.29, 1.82) is 0 Å². The van der Waals surface area contributed by atoms with Crippen molar-refractivity contribution in [2.75, 3.05) is 13.1 Å².